The predicted molar refractivity (Wildman–Crippen MR) is 72.0 cm³/mol. The molecule has 0 spiro atoms. The Morgan fingerprint density at radius 2 is 1.65 bits per heavy atom. The highest BCUT2D eigenvalue weighted by Gasteiger charge is 2.10. The molecule has 1 heterocycles. The van der Waals surface area contributed by atoms with Gasteiger partial charge in [0.2, 0.25) is 0 Å². The summed E-state index contributed by atoms with van der Waals surface area (Å²) >= 11 is 0. The number of nitrogens with zero attached hydrogens (tertiary/aromatic N) is 2. The molecule has 0 unspecified atom stereocenters. The zero-order valence-electron chi connectivity index (χ0n) is 10.6. The van der Waals surface area contributed by atoms with Crippen molar-refractivity contribution in [3.63, 3.8) is 0 Å². The lowest BCUT2D eigenvalue weighted by molar-refractivity contribution is 0.626. The first kappa shape index (κ1) is 12.5. The van der Waals surface area contributed by atoms with Gasteiger partial charge in [-0.2, -0.15) is 0 Å². The van der Waals surface area contributed by atoms with Crippen LogP contribution in [0, 0.1) is 18.6 Å². The number of fused-ring (bicyclic) bond motifs is 1. The van der Waals surface area contributed by atoms with Crippen LogP contribution >= 0.6 is 0 Å². The maximum Gasteiger partial charge on any atom is 0.265 e. The topological polar surface area (TPSA) is 34.9 Å². The van der Waals surface area contributed by atoms with Gasteiger partial charge in [0.05, 0.1) is 16.6 Å². The van der Waals surface area contributed by atoms with Crippen molar-refractivity contribution < 1.29 is 8.78 Å². The summed E-state index contributed by atoms with van der Waals surface area (Å²) < 4.78 is 27.5. The van der Waals surface area contributed by atoms with E-state index in [9.17, 15) is 13.6 Å². The van der Waals surface area contributed by atoms with Crippen LogP contribution in [0.3, 0.4) is 0 Å². The van der Waals surface area contributed by atoms with Crippen molar-refractivity contribution in [1.29, 1.82) is 0 Å². The van der Waals surface area contributed by atoms with Gasteiger partial charge in [-0.1, -0.05) is 0 Å². The fourth-order valence-corrected chi connectivity index (χ4v) is 2.16. The molecule has 0 saturated carbocycles. The lowest BCUT2D eigenvalue weighted by Gasteiger charge is -2.10. The average Bonchev–Trinajstić information content (AvgIpc) is 2.40. The smallest absolute Gasteiger partial charge is 0.265 e. The summed E-state index contributed by atoms with van der Waals surface area (Å²) in [4.78, 5) is 16.7. The molecule has 3 nitrogen and oxygen atoms in total. The Morgan fingerprint density at radius 1 is 1.00 bits per heavy atom. The second-order valence-corrected chi connectivity index (χ2v) is 4.44. The van der Waals surface area contributed by atoms with Gasteiger partial charge < -0.3 is 0 Å². The first-order valence-electron chi connectivity index (χ1n) is 6.01. The number of hydrogen-bond acceptors (Lipinski definition) is 2. The van der Waals surface area contributed by atoms with E-state index < -0.39 is 5.82 Å². The van der Waals surface area contributed by atoms with E-state index in [2.05, 4.69) is 4.98 Å². The minimum atomic E-state index is -0.441. The highest BCUT2D eigenvalue weighted by atomic mass is 19.1. The largest absolute Gasteiger partial charge is 0.268 e. The first-order valence-corrected chi connectivity index (χ1v) is 6.01. The van der Waals surface area contributed by atoms with Crippen LogP contribution in [-0.4, -0.2) is 9.55 Å². The zero-order chi connectivity index (χ0) is 14.3. The van der Waals surface area contributed by atoms with Gasteiger partial charge in [-0.25, -0.2) is 13.8 Å². The van der Waals surface area contributed by atoms with Crippen LogP contribution in [-0.2, 0) is 0 Å². The van der Waals surface area contributed by atoms with Gasteiger partial charge in [0.15, 0.2) is 0 Å². The van der Waals surface area contributed by atoms with Gasteiger partial charge in [0.25, 0.3) is 5.56 Å². The molecule has 100 valence electrons. The fraction of sp³-hybridized carbons (Fsp3) is 0.0667. The highest BCUT2D eigenvalue weighted by molar-refractivity contribution is 5.78. The molecular formula is C15H10F2N2O. The van der Waals surface area contributed by atoms with Crippen LogP contribution in [0.25, 0.3) is 16.6 Å². The van der Waals surface area contributed by atoms with Gasteiger partial charge >= 0.3 is 0 Å². The average molecular weight is 272 g/mol. The SMILES string of the molecule is Cc1nc2cc(F)ccc2c(=O)n1-c1ccc(F)cc1. The monoisotopic (exact) mass is 272 g/mol. The minimum Gasteiger partial charge on any atom is -0.268 e. The number of aryl methyl sites for hydroxylation is 1. The van der Waals surface area contributed by atoms with E-state index in [1.54, 1.807) is 6.92 Å². The summed E-state index contributed by atoms with van der Waals surface area (Å²) in [6.07, 6.45) is 0. The molecule has 0 radical (unpaired) electrons. The summed E-state index contributed by atoms with van der Waals surface area (Å²) in [6.45, 7) is 1.65. The normalized spacial score (nSPS) is 10.9. The summed E-state index contributed by atoms with van der Waals surface area (Å²) in [5.41, 5.74) is 0.526. The van der Waals surface area contributed by atoms with E-state index in [1.807, 2.05) is 0 Å². The number of hydrogen-bond donors (Lipinski definition) is 0. The van der Waals surface area contributed by atoms with Crippen molar-refractivity contribution in [2.24, 2.45) is 0 Å². The third kappa shape index (κ3) is 1.97. The second kappa shape index (κ2) is 4.52. The fourth-order valence-electron chi connectivity index (χ4n) is 2.16. The lowest BCUT2D eigenvalue weighted by Crippen LogP contribution is -2.22. The molecule has 3 rings (SSSR count). The molecule has 20 heavy (non-hydrogen) atoms. The van der Waals surface area contributed by atoms with Gasteiger partial charge in [-0.3, -0.25) is 9.36 Å². The molecule has 0 N–H and O–H groups in total. The van der Waals surface area contributed by atoms with E-state index in [-0.39, 0.29) is 11.4 Å². The van der Waals surface area contributed by atoms with Gasteiger partial charge in [-0.05, 0) is 43.3 Å². The van der Waals surface area contributed by atoms with Crippen molar-refractivity contribution in [2.45, 2.75) is 6.92 Å². The Bertz CT molecular complexity index is 854. The molecular weight excluding hydrogens is 262 g/mol. The number of rotatable bonds is 1. The third-order valence-electron chi connectivity index (χ3n) is 3.08. The Kier molecular flexibility index (Phi) is 2.82. The molecule has 0 bridgehead atoms. The molecule has 0 aliphatic carbocycles. The molecule has 0 aliphatic heterocycles. The Hall–Kier alpha value is -2.56. The van der Waals surface area contributed by atoms with Crippen LogP contribution in [0.5, 0.6) is 0 Å². The molecule has 0 saturated heterocycles. The summed E-state index contributed by atoms with van der Waals surface area (Å²) in [6, 6.07) is 9.39. The van der Waals surface area contributed by atoms with Crippen molar-refractivity contribution in [1.82, 2.24) is 9.55 Å². The second-order valence-electron chi connectivity index (χ2n) is 4.44. The van der Waals surface area contributed by atoms with Gasteiger partial charge in [0.1, 0.15) is 17.5 Å². The summed E-state index contributed by atoms with van der Waals surface area (Å²) in [5, 5.41) is 0.321. The Labute approximate surface area is 113 Å². The van der Waals surface area contributed by atoms with Gasteiger partial charge in [-0.15, -0.1) is 0 Å². The van der Waals surface area contributed by atoms with E-state index in [1.165, 1.54) is 47.0 Å². The quantitative estimate of drug-likeness (QED) is 0.682. The standard InChI is InChI=1S/C15H10F2N2O/c1-9-18-14-8-11(17)4-7-13(14)15(20)19(9)12-5-2-10(16)3-6-12/h2-8H,1H3. The van der Waals surface area contributed by atoms with Crippen molar-refractivity contribution >= 4 is 10.9 Å². The van der Waals surface area contributed by atoms with E-state index in [0.29, 0.717) is 22.4 Å². The Balaban J connectivity index is 2.34. The van der Waals surface area contributed by atoms with Crippen molar-refractivity contribution in [2.75, 3.05) is 0 Å². The minimum absolute atomic E-state index is 0.306. The molecule has 0 amide bonds. The molecule has 0 atom stereocenters. The molecule has 0 aliphatic rings. The predicted octanol–water partition coefficient (Wildman–Crippen LogP) is 2.97. The number of benzene rings is 2. The molecule has 3 aromatic rings. The van der Waals surface area contributed by atoms with E-state index >= 15 is 0 Å². The van der Waals surface area contributed by atoms with Gasteiger partial charge in [0, 0.05) is 6.07 Å². The highest BCUT2D eigenvalue weighted by Crippen LogP contribution is 2.14. The molecule has 0 fully saturated rings. The van der Waals surface area contributed by atoms with Crippen LogP contribution < -0.4 is 5.56 Å². The summed E-state index contributed by atoms with van der Waals surface area (Å²) in [5.74, 6) is -0.404. The van der Waals surface area contributed by atoms with Crippen molar-refractivity contribution in [3.8, 4) is 5.69 Å². The lowest BCUT2D eigenvalue weighted by atomic mass is 10.2. The zero-order valence-corrected chi connectivity index (χ0v) is 10.6. The van der Waals surface area contributed by atoms with Crippen LogP contribution in [0.15, 0.2) is 47.3 Å². The van der Waals surface area contributed by atoms with E-state index in [0.717, 1.165) is 0 Å². The maximum atomic E-state index is 13.2. The number of aromatic nitrogens is 2. The summed E-state index contributed by atoms with van der Waals surface area (Å²) in [7, 11) is 0. The van der Waals surface area contributed by atoms with Crippen LogP contribution in [0.4, 0.5) is 8.78 Å². The maximum absolute atomic E-state index is 13.2. The Morgan fingerprint density at radius 3 is 2.35 bits per heavy atom. The molecule has 1 aromatic heterocycles. The first-order chi connectivity index (χ1) is 9.56. The van der Waals surface area contributed by atoms with Crippen molar-refractivity contribution in [3.05, 3.63) is 70.3 Å². The molecule has 2 aromatic carbocycles. The van der Waals surface area contributed by atoms with E-state index in [4.69, 9.17) is 0 Å². The van der Waals surface area contributed by atoms with Crippen LogP contribution in [0.2, 0.25) is 0 Å². The number of halogens is 2. The van der Waals surface area contributed by atoms with Crippen LogP contribution in [0.1, 0.15) is 5.82 Å². The molecule has 5 heteroatoms. The third-order valence-corrected chi connectivity index (χ3v) is 3.08.